The number of anilines is 1. The van der Waals surface area contributed by atoms with E-state index in [1.165, 1.54) is 11.8 Å². The normalized spacial score (nSPS) is 10.2. The molecule has 1 N–H and O–H groups in total. The minimum absolute atomic E-state index is 0.0585. The summed E-state index contributed by atoms with van der Waals surface area (Å²) in [5, 5.41) is 14.4. The van der Waals surface area contributed by atoms with Crippen LogP contribution >= 0.6 is 35.1 Å². The third-order valence-electron chi connectivity index (χ3n) is 3.12. The number of halogens is 1. The Balaban J connectivity index is 2.00. The maximum Gasteiger partial charge on any atom is 0.234 e. The van der Waals surface area contributed by atoms with E-state index in [-0.39, 0.29) is 5.91 Å². The predicted molar refractivity (Wildman–Crippen MR) is 98.2 cm³/mol. The molecule has 2 aromatic rings. The Labute approximate surface area is 149 Å². The van der Waals surface area contributed by atoms with Gasteiger partial charge in [-0.15, -0.1) is 11.8 Å². The summed E-state index contributed by atoms with van der Waals surface area (Å²) in [5.41, 5.74) is 2.72. The number of thiocyanates is 1. The first kappa shape index (κ1) is 17.7. The van der Waals surface area contributed by atoms with Gasteiger partial charge in [0.2, 0.25) is 5.91 Å². The van der Waals surface area contributed by atoms with E-state index in [1.807, 2.05) is 50.2 Å². The van der Waals surface area contributed by atoms with Crippen LogP contribution < -0.4 is 5.32 Å². The fraction of sp³-hybridized carbons (Fsp3) is 0.176. The summed E-state index contributed by atoms with van der Waals surface area (Å²) >= 11 is 8.42. The number of hydrogen-bond donors (Lipinski definition) is 1. The Morgan fingerprint density at radius 1 is 1.17 bits per heavy atom. The molecule has 0 saturated carbocycles. The first-order valence-electron chi connectivity index (χ1n) is 6.85. The molecule has 0 fully saturated rings. The van der Waals surface area contributed by atoms with Gasteiger partial charge in [-0.1, -0.05) is 11.6 Å². The van der Waals surface area contributed by atoms with E-state index in [1.54, 1.807) is 0 Å². The number of benzene rings is 2. The highest BCUT2D eigenvalue weighted by atomic mass is 35.5. The maximum atomic E-state index is 12.2. The van der Waals surface area contributed by atoms with Gasteiger partial charge in [0.05, 0.1) is 5.75 Å². The van der Waals surface area contributed by atoms with Crippen molar-refractivity contribution in [2.75, 3.05) is 11.1 Å². The molecule has 0 atom stereocenters. The number of hydrogen-bond acceptors (Lipinski definition) is 4. The Morgan fingerprint density at radius 3 is 2.35 bits per heavy atom. The van der Waals surface area contributed by atoms with Gasteiger partial charge in [-0.2, -0.15) is 5.26 Å². The van der Waals surface area contributed by atoms with E-state index in [0.29, 0.717) is 10.8 Å². The number of carbonyl (C=O) groups is 1. The number of amides is 1. The first-order valence-corrected chi connectivity index (χ1v) is 9.03. The van der Waals surface area contributed by atoms with Gasteiger partial charge in [-0.05, 0) is 73.1 Å². The SMILES string of the molecule is Cc1cc(SC#N)cc(C)c1NC(=O)CSc1ccc(Cl)cc1. The molecule has 0 aliphatic carbocycles. The van der Waals surface area contributed by atoms with Gasteiger partial charge in [-0.3, -0.25) is 4.79 Å². The van der Waals surface area contributed by atoms with Crippen LogP contribution in [0.15, 0.2) is 46.2 Å². The zero-order valence-corrected chi connectivity index (χ0v) is 15.1. The molecular weight excluding hydrogens is 348 g/mol. The fourth-order valence-corrected chi connectivity index (χ4v) is 3.49. The number of aryl methyl sites for hydroxylation is 2. The van der Waals surface area contributed by atoms with Crippen LogP contribution in [0, 0.1) is 24.5 Å². The van der Waals surface area contributed by atoms with E-state index in [9.17, 15) is 4.79 Å². The Bertz CT molecular complexity index is 731. The van der Waals surface area contributed by atoms with E-state index >= 15 is 0 Å². The quantitative estimate of drug-likeness (QED) is 0.582. The zero-order chi connectivity index (χ0) is 16.8. The van der Waals surface area contributed by atoms with Crippen LogP contribution in [-0.2, 0) is 4.79 Å². The van der Waals surface area contributed by atoms with Crippen molar-refractivity contribution >= 4 is 46.7 Å². The molecule has 0 aromatic heterocycles. The second kappa shape index (κ2) is 8.30. The number of carbonyl (C=O) groups excluding carboxylic acids is 1. The third kappa shape index (κ3) is 5.21. The highest BCUT2D eigenvalue weighted by molar-refractivity contribution is 8.03. The van der Waals surface area contributed by atoms with Crippen LogP contribution in [-0.4, -0.2) is 11.7 Å². The maximum absolute atomic E-state index is 12.2. The molecule has 0 bridgehead atoms. The number of nitrogens with zero attached hydrogens (tertiary/aromatic N) is 1. The monoisotopic (exact) mass is 362 g/mol. The highest BCUT2D eigenvalue weighted by Gasteiger charge is 2.10. The zero-order valence-electron chi connectivity index (χ0n) is 12.7. The summed E-state index contributed by atoms with van der Waals surface area (Å²) in [5.74, 6) is 0.270. The molecule has 0 saturated heterocycles. The van der Waals surface area contributed by atoms with E-state index in [2.05, 4.69) is 10.7 Å². The van der Waals surface area contributed by atoms with Gasteiger partial charge in [-0.25, -0.2) is 0 Å². The van der Waals surface area contributed by atoms with Crippen LogP contribution in [0.1, 0.15) is 11.1 Å². The lowest BCUT2D eigenvalue weighted by Crippen LogP contribution is -2.15. The van der Waals surface area contributed by atoms with Crippen molar-refractivity contribution in [3.63, 3.8) is 0 Å². The fourth-order valence-electron chi connectivity index (χ4n) is 2.09. The van der Waals surface area contributed by atoms with Crippen LogP contribution in [0.2, 0.25) is 5.02 Å². The minimum Gasteiger partial charge on any atom is -0.325 e. The summed E-state index contributed by atoms with van der Waals surface area (Å²) < 4.78 is 0. The molecule has 23 heavy (non-hydrogen) atoms. The number of rotatable bonds is 5. The van der Waals surface area contributed by atoms with Crippen LogP contribution in [0.25, 0.3) is 0 Å². The second-order valence-corrected chi connectivity index (χ2v) is 7.26. The van der Waals surface area contributed by atoms with Crippen molar-refractivity contribution < 1.29 is 4.79 Å². The van der Waals surface area contributed by atoms with Gasteiger partial charge in [0.25, 0.3) is 0 Å². The molecule has 0 unspecified atom stereocenters. The van der Waals surface area contributed by atoms with Gasteiger partial charge < -0.3 is 5.32 Å². The molecule has 0 heterocycles. The van der Waals surface area contributed by atoms with Gasteiger partial charge in [0, 0.05) is 20.5 Å². The molecule has 2 aromatic carbocycles. The summed E-state index contributed by atoms with van der Waals surface area (Å²) in [4.78, 5) is 14.0. The van der Waals surface area contributed by atoms with Crippen LogP contribution in [0.4, 0.5) is 5.69 Å². The lowest BCUT2D eigenvalue weighted by Gasteiger charge is -2.13. The highest BCUT2D eigenvalue weighted by Crippen LogP contribution is 2.28. The van der Waals surface area contributed by atoms with Crippen molar-refractivity contribution in [2.24, 2.45) is 0 Å². The molecule has 6 heteroatoms. The van der Waals surface area contributed by atoms with E-state index in [4.69, 9.17) is 16.9 Å². The molecular formula is C17H15ClN2OS2. The van der Waals surface area contributed by atoms with Gasteiger partial charge >= 0.3 is 0 Å². The van der Waals surface area contributed by atoms with Crippen molar-refractivity contribution in [3.05, 3.63) is 52.5 Å². The third-order valence-corrected chi connectivity index (χ3v) is 4.94. The summed E-state index contributed by atoms with van der Waals surface area (Å²) in [6.07, 6.45) is 0. The standard InChI is InChI=1S/C17H15ClN2OS2/c1-11-7-15(23-10-19)8-12(2)17(11)20-16(21)9-22-14-5-3-13(18)4-6-14/h3-8H,9H2,1-2H3,(H,20,21). The minimum atomic E-state index is -0.0585. The summed E-state index contributed by atoms with van der Waals surface area (Å²) in [6.45, 7) is 3.85. The largest absolute Gasteiger partial charge is 0.325 e. The first-order chi connectivity index (χ1) is 11.0. The molecule has 0 aliphatic heterocycles. The topological polar surface area (TPSA) is 52.9 Å². The van der Waals surface area contributed by atoms with E-state index in [0.717, 1.165) is 38.4 Å². The van der Waals surface area contributed by atoms with Crippen molar-refractivity contribution in [3.8, 4) is 5.40 Å². The number of thioether (sulfide) groups is 2. The Morgan fingerprint density at radius 2 is 1.78 bits per heavy atom. The van der Waals surface area contributed by atoms with Crippen molar-refractivity contribution in [2.45, 2.75) is 23.6 Å². The Hall–Kier alpha value is -1.61. The molecule has 0 spiro atoms. The number of nitriles is 1. The average molecular weight is 363 g/mol. The molecule has 0 radical (unpaired) electrons. The second-order valence-electron chi connectivity index (χ2n) is 4.92. The smallest absolute Gasteiger partial charge is 0.234 e. The van der Waals surface area contributed by atoms with Gasteiger partial charge in [0.1, 0.15) is 5.40 Å². The number of nitrogens with one attached hydrogen (secondary N) is 1. The molecule has 0 aliphatic rings. The molecule has 2 rings (SSSR count). The van der Waals surface area contributed by atoms with E-state index < -0.39 is 0 Å². The predicted octanol–water partition coefficient (Wildman–Crippen LogP) is 5.26. The molecule has 3 nitrogen and oxygen atoms in total. The van der Waals surface area contributed by atoms with Crippen LogP contribution in [0.3, 0.4) is 0 Å². The lowest BCUT2D eigenvalue weighted by molar-refractivity contribution is -0.113. The van der Waals surface area contributed by atoms with Crippen molar-refractivity contribution in [1.82, 2.24) is 0 Å². The van der Waals surface area contributed by atoms with Crippen LogP contribution in [0.5, 0.6) is 0 Å². The summed E-state index contributed by atoms with van der Waals surface area (Å²) in [6, 6.07) is 11.2. The van der Waals surface area contributed by atoms with Crippen molar-refractivity contribution in [1.29, 1.82) is 5.26 Å². The average Bonchev–Trinajstić information content (AvgIpc) is 2.51. The lowest BCUT2D eigenvalue weighted by atomic mass is 10.1. The Kier molecular flexibility index (Phi) is 6.40. The molecule has 118 valence electrons. The molecule has 1 amide bonds. The summed E-state index contributed by atoms with van der Waals surface area (Å²) in [7, 11) is 0. The van der Waals surface area contributed by atoms with Gasteiger partial charge in [0.15, 0.2) is 0 Å².